The third-order valence-electron chi connectivity index (χ3n) is 4.50. The van der Waals surface area contributed by atoms with E-state index in [1.165, 1.54) is 12.1 Å². The van der Waals surface area contributed by atoms with Crippen molar-refractivity contribution in [1.82, 2.24) is 10.3 Å². The van der Waals surface area contributed by atoms with E-state index < -0.39 is 0 Å². The Balaban J connectivity index is 1.97. The van der Waals surface area contributed by atoms with Crippen molar-refractivity contribution >= 4 is 16.8 Å². The van der Waals surface area contributed by atoms with Gasteiger partial charge in [-0.3, -0.25) is 9.78 Å². The fourth-order valence-electron chi connectivity index (χ4n) is 3.46. The van der Waals surface area contributed by atoms with Gasteiger partial charge in [0.2, 0.25) is 0 Å². The summed E-state index contributed by atoms with van der Waals surface area (Å²) in [6.07, 6.45) is 4.02. The number of carbonyl (C=O) groups is 1. The molecule has 1 aromatic carbocycles. The van der Waals surface area contributed by atoms with Crippen molar-refractivity contribution < 1.29 is 13.9 Å². The van der Waals surface area contributed by atoms with E-state index in [1.54, 1.807) is 19.2 Å². The fourth-order valence-corrected chi connectivity index (χ4v) is 3.46. The number of carbonyl (C=O) groups excluding carboxylic acids is 1. The summed E-state index contributed by atoms with van der Waals surface area (Å²) >= 11 is 0. The first-order chi connectivity index (χ1) is 11.0. The van der Waals surface area contributed by atoms with Crippen LogP contribution in [0.5, 0.6) is 0 Å². The number of fused-ring (bicyclic) bond motifs is 1. The summed E-state index contributed by atoms with van der Waals surface area (Å²) in [4.78, 5) is 17.2. The highest BCUT2D eigenvalue weighted by molar-refractivity contribution is 6.06. The maximum Gasteiger partial charge on any atom is 0.252 e. The molecule has 1 saturated carbocycles. The Morgan fingerprint density at radius 1 is 1.35 bits per heavy atom. The molecular formula is C18H21FN2O2. The van der Waals surface area contributed by atoms with Crippen molar-refractivity contribution in [3.8, 4) is 0 Å². The van der Waals surface area contributed by atoms with E-state index in [9.17, 15) is 9.18 Å². The second kappa shape index (κ2) is 6.24. The van der Waals surface area contributed by atoms with Crippen molar-refractivity contribution in [3.63, 3.8) is 0 Å². The standard InChI is InChI=1S/C18H21FN2O2/c1-12-9-15(14-6-5-13(19)10-16(14)20-12)17(22)21-18(11-23-2)7-3-4-8-18/h5-6,9-10H,3-4,7-8,11H2,1-2H3,(H,21,22). The van der Waals surface area contributed by atoms with Gasteiger partial charge in [0.1, 0.15) is 5.82 Å². The second-order valence-corrected chi connectivity index (χ2v) is 6.35. The highest BCUT2D eigenvalue weighted by atomic mass is 19.1. The summed E-state index contributed by atoms with van der Waals surface area (Å²) in [6.45, 7) is 2.32. The van der Waals surface area contributed by atoms with Crippen LogP contribution < -0.4 is 5.32 Å². The molecule has 122 valence electrons. The highest BCUT2D eigenvalue weighted by Crippen LogP contribution is 2.31. The topological polar surface area (TPSA) is 51.2 Å². The molecule has 1 amide bonds. The van der Waals surface area contributed by atoms with Crippen LogP contribution in [0.2, 0.25) is 0 Å². The average molecular weight is 316 g/mol. The van der Waals surface area contributed by atoms with Crippen molar-refractivity contribution in [2.24, 2.45) is 0 Å². The number of nitrogens with zero attached hydrogens (tertiary/aromatic N) is 1. The number of aromatic nitrogens is 1. The molecule has 1 fully saturated rings. The third kappa shape index (κ3) is 3.20. The Morgan fingerprint density at radius 2 is 2.09 bits per heavy atom. The molecule has 0 saturated heterocycles. The van der Waals surface area contributed by atoms with Crippen molar-refractivity contribution in [1.29, 1.82) is 0 Å². The lowest BCUT2D eigenvalue weighted by Crippen LogP contribution is -2.49. The minimum atomic E-state index is -0.353. The van der Waals surface area contributed by atoms with Crippen LogP contribution in [0.4, 0.5) is 4.39 Å². The highest BCUT2D eigenvalue weighted by Gasteiger charge is 2.35. The Bertz CT molecular complexity index is 734. The number of nitrogens with one attached hydrogen (secondary N) is 1. The monoisotopic (exact) mass is 316 g/mol. The zero-order valence-corrected chi connectivity index (χ0v) is 13.5. The first-order valence-electron chi connectivity index (χ1n) is 7.91. The fraction of sp³-hybridized carbons (Fsp3) is 0.444. The van der Waals surface area contributed by atoms with E-state index in [1.807, 2.05) is 6.92 Å². The van der Waals surface area contributed by atoms with Crippen LogP contribution in [-0.2, 0) is 4.74 Å². The van der Waals surface area contributed by atoms with E-state index in [0.717, 1.165) is 25.7 Å². The molecule has 23 heavy (non-hydrogen) atoms. The van der Waals surface area contributed by atoms with E-state index >= 15 is 0 Å². The Labute approximate surface area is 135 Å². The Morgan fingerprint density at radius 3 is 2.78 bits per heavy atom. The molecule has 1 aromatic heterocycles. The summed E-state index contributed by atoms with van der Waals surface area (Å²) < 4.78 is 18.7. The molecule has 1 heterocycles. The lowest BCUT2D eigenvalue weighted by molar-refractivity contribution is 0.0768. The lowest BCUT2D eigenvalue weighted by Gasteiger charge is -2.29. The maximum atomic E-state index is 13.4. The minimum Gasteiger partial charge on any atom is -0.382 e. The number of halogens is 1. The average Bonchev–Trinajstić information content (AvgIpc) is 2.94. The van der Waals surface area contributed by atoms with Crippen LogP contribution in [0.3, 0.4) is 0 Å². The van der Waals surface area contributed by atoms with Crippen LogP contribution in [0.1, 0.15) is 41.7 Å². The molecule has 0 bridgehead atoms. The number of pyridine rings is 1. The molecule has 1 aliphatic rings. The van der Waals surface area contributed by atoms with Gasteiger partial charge in [-0.05, 0) is 38.0 Å². The quantitative estimate of drug-likeness (QED) is 0.941. The zero-order chi connectivity index (χ0) is 16.4. The molecule has 0 atom stereocenters. The van der Waals surface area contributed by atoms with E-state index in [-0.39, 0.29) is 17.3 Å². The normalized spacial score (nSPS) is 16.7. The number of hydrogen-bond acceptors (Lipinski definition) is 3. The van der Waals surface area contributed by atoms with Crippen molar-refractivity contribution in [3.05, 3.63) is 41.3 Å². The maximum absolute atomic E-state index is 13.4. The first-order valence-corrected chi connectivity index (χ1v) is 7.91. The number of aryl methyl sites for hydroxylation is 1. The minimum absolute atomic E-state index is 0.147. The van der Waals surface area contributed by atoms with Gasteiger partial charge in [0, 0.05) is 24.3 Å². The summed E-state index contributed by atoms with van der Waals surface area (Å²) in [5.74, 6) is -0.500. The molecule has 1 aliphatic carbocycles. The van der Waals surface area contributed by atoms with E-state index in [2.05, 4.69) is 10.3 Å². The van der Waals surface area contributed by atoms with Crippen LogP contribution in [0.15, 0.2) is 24.3 Å². The molecule has 0 radical (unpaired) electrons. The SMILES string of the molecule is COCC1(NC(=O)c2cc(C)nc3cc(F)ccc23)CCCC1. The molecule has 4 nitrogen and oxygen atoms in total. The number of methoxy groups -OCH3 is 1. The molecule has 1 N–H and O–H groups in total. The first kappa shape index (κ1) is 15.9. The number of benzene rings is 1. The van der Waals surface area contributed by atoms with Gasteiger partial charge in [0.25, 0.3) is 5.91 Å². The van der Waals surface area contributed by atoms with Gasteiger partial charge in [-0.25, -0.2) is 4.39 Å². The lowest BCUT2D eigenvalue weighted by atomic mass is 9.97. The predicted molar refractivity (Wildman–Crippen MR) is 87.0 cm³/mol. The number of amides is 1. The van der Waals surface area contributed by atoms with Gasteiger partial charge in [-0.15, -0.1) is 0 Å². The van der Waals surface area contributed by atoms with Crippen molar-refractivity contribution in [2.75, 3.05) is 13.7 Å². The predicted octanol–water partition coefficient (Wildman–Crippen LogP) is 3.37. The van der Waals surface area contributed by atoms with Crippen LogP contribution in [-0.4, -0.2) is 30.1 Å². The summed E-state index contributed by atoms with van der Waals surface area (Å²) in [5.41, 5.74) is 1.44. The summed E-state index contributed by atoms with van der Waals surface area (Å²) in [7, 11) is 1.65. The smallest absolute Gasteiger partial charge is 0.252 e. The van der Waals surface area contributed by atoms with Gasteiger partial charge in [-0.2, -0.15) is 0 Å². The van der Waals surface area contributed by atoms with Gasteiger partial charge in [-0.1, -0.05) is 12.8 Å². The van der Waals surface area contributed by atoms with Gasteiger partial charge >= 0.3 is 0 Å². The van der Waals surface area contributed by atoms with Crippen molar-refractivity contribution in [2.45, 2.75) is 38.1 Å². The largest absolute Gasteiger partial charge is 0.382 e. The zero-order valence-electron chi connectivity index (χ0n) is 13.5. The Kier molecular flexibility index (Phi) is 4.31. The molecule has 0 aliphatic heterocycles. The third-order valence-corrected chi connectivity index (χ3v) is 4.50. The molecule has 2 aromatic rings. The molecule has 5 heteroatoms. The van der Waals surface area contributed by atoms with Crippen LogP contribution >= 0.6 is 0 Å². The van der Waals surface area contributed by atoms with Crippen LogP contribution in [0.25, 0.3) is 10.9 Å². The summed E-state index contributed by atoms with van der Waals surface area (Å²) in [5, 5.41) is 3.82. The molecule has 3 rings (SSSR count). The van der Waals surface area contributed by atoms with Gasteiger partial charge in [0.05, 0.1) is 23.2 Å². The number of rotatable bonds is 4. The van der Waals surface area contributed by atoms with Gasteiger partial charge in [0.15, 0.2) is 0 Å². The number of ether oxygens (including phenoxy) is 1. The number of hydrogen-bond donors (Lipinski definition) is 1. The van der Waals surface area contributed by atoms with Crippen LogP contribution in [0, 0.1) is 12.7 Å². The molecular weight excluding hydrogens is 295 g/mol. The summed E-state index contributed by atoms with van der Waals surface area (Å²) in [6, 6.07) is 6.09. The Hall–Kier alpha value is -2.01. The second-order valence-electron chi connectivity index (χ2n) is 6.35. The van der Waals surface area contributed by atoms with E-state index in [4.69, 9.17) is 4.74 Å². The molecule has 0 spiro atoms. The van der Waals surface area contributed by atoms with E-state index in [0.29, 0.717) is 28.8 Å². The van der Waals surface area contributed by atoms with Gasteiger partial charge < -0.3 is 10.1 Å². The molecule has 0 unspecified atom stereocenters.